The summed E-state index contributed by atoms with van der Waals surface area (Å²) < 4.78 is -0.0239. The molecule has 6 heteroatoms. The molecule has 0 heterocycles. The molecule has 126 valence electrons. The molecule has 0 spiro atoms. The van der Waals surface area contributed by atoms with E-state index in [4.69, 9.17) is 16.7 Å². The van der Waals surface area contributed by atoms with Crippen molar-refractivity contribution < 1.29 is 14.7 Å². The molecule has 1 aromatic carbocycles. The van der Waals surface area contributed by atoms with Gasteiger partial charge in [-0.2, -0.15) is 0 Å². The van der Waals surface area contributed by atoms with Gasteiger partial charge in [0.05, 0.1) is 3.92 Å². The Morgan fingerprint density at radius 2 is 2.13 bits per heavy atom. The van der Waals surface area contributed by atoms with Crippen LogP contribution in [0.4, 0.5) is 0 Å². The van der Waals surface area contributed by atoms with Crippen molar-refractivity contribution in [3.63, 3.8) is 0 Å². The number of unbranched alkanes of at least 4 members (excludes halogenated alkanes) is 1. The van der Waals surface area contributed by atoms with E-state index in [0.717, 1.165) is 31.2 Å². The molecule has 2 rings (SSSR count). The molecule has 0 amide bonds. The van der Waals surface area contributed by atoms with E-state index in [-0.39, 0.29) is 16.1 Å². The van der Waals surface area contributed by atoms with Crippen LogP contribution in [-0.4, -0.2) is 27.3 Å². The lowest BCUT2D eigenvalue weighted by atomic mass is 9.75. The van der Waals surface area contributed by atoms with Crippen molar-refractivity contribution in [3.8, 4) is 0 Å². The number of hydrogen-bond acceptors (Lipinski definition) is 3. The van der Waals surface area contributed by atoms with Crippen molar-refractivity contribution in [2.75, 3.05) is 6.54 Å². The number of carbonyl (C=O) groups excluding carboxylic acids is 1. The Kier molecular flexibility index (Phi) is 6.85. The minimum absolute atomic E-state index is 0.0239. The molecule has 0 aliphatic heterocycles. The molecular formula is C17H21ClINO3. The fourth-order valence-electron chi connectivity index (χ4n) is 3.12. The molecule has 1 saturated carbocycles. The number of nitrogens with one attached hydrogen (secondary N) is 1. The number of benzene rings is 1. The van der Waals surface area contributed by atoms with Crippen molar-refractivity contribution >= 4 is 45.9 Å². The second kappa shape index (κ2) is 8.44. The van der Waals surface area contributed by atoms with Gasteiger partial charge >= 0.3 is 5.97 Å². The molecule has 1 aliphatic carbocycles. The van der Waals surface area contributed by atoms with E-state index < -0.39 is 11.5 Å². The molecule has 1 aliphatic rings. The van der Waals surface area contributed by atoms with E-state index >= 15 is 0 Å². The predicted octanol–water partition coefficient (Wildman–Crippen LogP) is 3.94. The van der Waals surface area contributed by atoms with Crippen molar-refractivity contribution in [2.45, 2.75) is 48.0 Å². The summed E-state index contributed by atoms with van der Waals surface area (Å²) in [6.07, 6.45) is 4.07. The number of rotatable bonds is 7. The van der Waals surface area contributed by atoms with Gasteiger partial charge in [-0.15, -0.1) is 0 Å². The van der Waals surface area contributed by atoms with E-state index in [1.165, 1.54) is 0 Å². The topological polar surface area (TPSA) is 66.4 Å². The largest absolute Gasteiger partial charge is 0.481 e. The maximum atomic E-state index is 12.9. The van der Waals surface area contributed by atoms with Gasteiger partial charge in [0.15, 0.2) is 5.78 Å². The molecule has 23 heavy (non-hydrogen) atoms. The number of ketones is 1. The monoisotopic (exact) mass is 449 g/mol. The molecule has 0 bridgehead atoms. The zero-order valence-electron chi connectivity index (χ0n) is 12.9. The summed E-state index contributed by atoms with van der Waals surface area (Å²) in [6, 6.07) is 7.49. The van der Waals surface area contributed by atoms with Crippen LogP contribution in [0.2, 0.25) is 5.02 Å². The lowest BCUT2D eigenvalue weighted by Crippen LogP contribution is -2.54. The molecule has 0 aromatic heterocycles. The molecule has 0 radical (unpaired) electrons. The van der Waals surface area contributed by atoms with Gasteiger partial charge in [0.1, 0.15) is 5.54 Å². The lowest BCUT2D eigenvalue weighted by Gasteiger charge is -2.40. The first-order valence-corrected chi connectivity index (χ1v) is 9.50. The normalized spacial score (nSPS) is 24.6. The van der Waals surface area contributed by atoms with Gasteiger partial charge in [-0.3, -0.25) is 9.59 Å². The Morgan fingerprint density at radius 1 is 1.39 bits per heavy atom. The van der Waals surface area contributed by atoms with E-state index in [9.17, 15) is 9.59 Å². The summed E-state index contributed by atoms with van der Waals surface area (Å²) in [7, 11) is 0. The Balaban J connectivity index is 2.17. The summed E-state index contributed by atoms with van der Waals surface area (Å²) in [4.78, 5) is 23.5. The first-order valence-electron chi connectivity index (χ1n) is 7.87. The van der Waals surface area contributed by atoms with Crippen LogP contribution in [0.25, 0.3) is 0 Å². The van der Waals surface area contributed by atoms with Crippen LogP contribution in [0.3, 0.4) is 0 Å². The highest BCUT2D eigenvalue weighted by molar-refractivity contribution is 14.1. The SMILES string of the molecule is O=C(O)CCCCNC1(c2ccccc2Cl)CCCC(I)C1=O. The highest BCUT2D eigenvalue weighted by atomic mass is 127. The van der Waals surface area contributed by atoms with Gasteiger partial charge in [-0.05, 0) is 50.3 Å². The molecule has 4 nitrogen and oxygen atoms in total. The number of carboxylic acids is 1. The standard InChI is InChI=1S/C17H21ClINO3/c18-13-7-2-1-6-12(13)17(10-5-8-14(19)16(17)23)20-11-4-3-9-15(21)22/h1-2,6-7,14,20H,3-5,8-11H2,(H,21,22). The van der Waals surface area contributed by atoms with Gasteiger partial charge < -0.3 is 10.4 Å². The fraction of sp³-hybridized carbons (Fsp3) is 0.529. The second-order valence-electron chi connectivity index (χ2n) is 5.89. The Hall–Kier alpha value is -0.660. The van der Waals surface area contributed by atoms with E-state index in [1.54, 1.807) is 0 Å². The van der Waals surface area contributed by atoms with Gasteiger partial charge in [0, 0.05) is 11.4 Å². The minimum atomic E-state index is -0.785. The van der Waals surface area contributed by atoms with E-state index in [0.29, 0.717) is 18.0 Å². The summed E-state index contributed by atoms with van der Waals surface area (Å²) in [5.74, 6) is -0.609. The van der Waals surface area contributed by atoms with Crippen LogP contribution < -0.4 is 5.32 Å². The van der Waals surface area contributed by atoms with E-state index in [2.05, 4.69) is 27.9 Å². The van der Waals surface area contributed by atoms with Crippen molar-refractivity contribution in [2.24, 2.45) is 0 Å². The third-order valence-corrected chi connectivity index (χ3v) is 5.81. The van der Waals surface area contributed by atoms with Crippen molar-refractivity contribution in [1.82, 2.24) is 5.32 Å². The predicted molar refractivity (Wildman–Crippen MR) is 99.3 cm³/mol. The van der Waals surface area contributed by atoms with Crippen LogP contribution in [0, 0.1) is 0 Å². The van der Waals surface area contributed by atoms with Gasteiger partial charge in [0.25, 0.3) is 0 Å². The summed E-state index contributed by atoms with van der Waals surface area (Å²) in [6.45, 7) is 0.605. The highest BCUT2D eigenvalue weighted by Crippen LogP contribution is 2.40. The summed E-state index contributed by atoms with van der Waals surface area (Å²) in [5, 5.41) is 12.7. The molecule has 1 fully saturated rings. The maximum Gasteiger partial charge on any atom is 0.303 e. The third kappa shape index (κ3) is 4.45. The van der Waals surface area contributed by atoms with Crippen molar-refractivity contribution in [1.29, 1.82) is 0 Å². The van der Waals surface area contributed by atoms with Crippen LogP contribution in [0.15, 0.2) is 24.3 Å². The maximum absolute atomic E-state index is 12.9. The quantitative estimate of drug-likeness (QED) is 0.376. The molecule has 2 N–H and O–H groups in total. The highest BCUT2D eigenvalue weighted by Gasteiger charge is 2.45. The first-order chi connectivity index (χ1) is 11.0. The number of Topliss-reactive ketones (excluding diaryl/α,β-unsaturated/α-hetero) is 1. The zero-order valence-corrected chi connectivity index (χ0v) is 15.8. The number of halogens is 2. The number of carboxylic acid groups (broad SMARTS) is 1. The lowest BCUT2D eigenvalue weighted by molar-refractivity contribution is -0.137. The summed E-state index contributed by atoms with van der Waals surface area (Å²) >= 11 is 8.58. The van der Waals surface area contributed by atoms with Gasteiger partial charge in [0.2, 0.25) is 0 Å². The summed E-state index contributed by atoms with van der Waals surface area (Å²) in [5.41, 5.74) is 0.0948. The van der Waals surface area contributed by atoms with Crippen molar-refractivity contribution in [3.05, 3.63) is 34.9 Å². The average molecular weight is 450 g/mol. The van der Waals surface area contributed by atoms with Gasteiger partial charge in [-0.25, -0.2) is 0 Å². The fourth-order valence-corrected chi connectivity index (χ4v) is 4.39. The Labute approximate surface area is 155 Å². The molecule has 1 aromatic rings. The first kappa shape index (κ1) is 18.7. The number of carbonyl (C=O) groups is 2. The second-order valence-corrected chi connectivity index (χ2v) is 7.80. The smallest absolute Gasteiger partial charge is 0.303 e. The molecule has 2 atom stereocenters. The molecule has 0 saturated heterocycles. The van der Waals surface area contributed by atoms with Gasteiger partial charge in [-0.1, -0.05) is 52.4 Å². The van der Waals surface area contributed by atoms with Crippen LogP contribution in [-0.2, 0) is 15.1 Å². The average Bonchev–Trinajstić information content (AvgIpc) is 2.51. The molecule has 2 unspecified atom stereocenters. The number of hydrogen-bond donors (Lipinski definition) is 2. The van der Waals surface area contributed by atoms with Crippen LogP contribution in [0.1, 0.15) is 44.1 Å². The number of alkyl halides is 1. The number of aliphatic carboxylic acids is 1. The van der Waals surface area contributed by atoms with Crippen LogP contribution in [0.5, 0.6) is 0 Å². The molecular weight excluding hydrogens is 429 g/mol. The third-order valence-electron chi connectivity index (χ3n) is 4.29. The Morgan fingerprint density at radius 3 is 2.83 bits per heavy atom. The Bertz CT molecular complexity index is 581. The zero-order chi connectivity index (χ0) is 16.9. The van der Waals surface area contributed by atoms with Crippen LogP contribution >= 0.6 is 34.2 Å². The van der Waals surface area contributed by atoms with E-state index in [1.807, 2.05) is 24.3 Å². The minimum Gasteiger partial charge on any atom is -0.481 e.